The van der Waals surface area contributed by atoms with E-state index in [1.807, 2.05) is 30.5 Å². The van der Waals surface area contributed by atoms with Gasteiger partial charge in [0.1, 0.15) is 22.4 Å². The number of nitrogens with zero attached hydrogens (tertiary/aromatic N) is 3. The third kappa shape index (κ3) is 2.26. The molecule has 3 aromatic heterocycles. The molecule has 0 spiro atoms. The monoisotopic (exact) mass is 336 g/mol. The topological polar surface area (TPSA) is 63.8 Å². The van der Waals surface area contributed by atoms with Crippen molar-refractivity contribution in [3.05, 3.63) is 46.7 Å². The van der Waals surface area contributed by atoms with E-state index >= 15 is 0 Å². The third-order valence-corrected chi connectivity index (χ3v) is 5.44. The summed E-state index contributed by atoms with van der Waals surface area (Å²) in [5.41, 5.74) is 2.41. The van der Waals surface area contributed by atoms with Crippen molar-refractivity contribution in [3.63, 3.8) is 0 Å². The Balaban J connectivity index is 1.60. The molecule has 0 bridgehead atoms. The van der Waals surface area contributed by atoms with Gasteiger partial charge in [-0.2, -0.15) is 0 Å². The zero-order valence-corrected chi connectivity index (χ0v) is 14.0. The van der Waals surface area contributed by atoms with Gasteiger partial charge in [-0.3, -0.25) is 0 Å². The molecule has 1 aliphatic rings. The van der Waals surface area contributed by atoms with E-state index in [0.29, 0.717) is 5.92 Å². The van der Waals surface area contributed by atoms with E-state index in [-0.39, 0.29) is 6.04 Å². The molecular weight excluding hydrogens is 320 g/mol. The van der Waals surface area contributed by atoms with Crippen LogP contribution >= 0.6 is 11.3 Å². The van der Waals surface area contributed by atoms with Crippen LogP contribution in [0.4, 0.5) is 5.82 Å². The van der Waals surface area contributed by atoms with Crippen molar-refractivity contribution in [1.82, 2.24) is 15.0 Å². The first-order valence-corrected chi connectivity index (χ1v) is 8.92. The fourth-order valence-corrected chi connectivity index (χ4v) is 4.02. The predicted molar refractivity (Wildman–Crippen MR) is 95.2 cm³/mol. The van der Waals surface area contributed by atoms with E-state index < -0.39 is 0 Å². The van der Waals surface area contributed by atoms with E-state index in [9.17, 15) is 0 Å². The number of furan rings is 1. The predicted octanol–water partition coefficient (Wildman–Crippen LogP) is 4.70. The summed E-state index contributed by atoms with van der Waals surface area (Å²) in [6.07, 6.45) is 5.99. The summed E-state index contributed by atoms with van der Waals surface area (Å²) in [5.74, 6) is 1.37. The van der Waals surface area contributed by atoms with Crippen LogP contribution in [0.2, 0.25) is 0 Å². The Morgan fingerprint density at radius 2 is 2.08 bits per heavy atom. The second-order valence-electron chi connectivity index (χ2n) is 6.27. The Hall–Kier alpha value is -2.47. The highest BCUT2D eigenvalue weighted by molar-refractivity contribution is 7.11. The fourth-order valence-electron chi connectivity index (χ4n) is 3.10. The molecule has 1 N–H and O–H groups in total. The lowest BCUT2D eigenvalue weighted by atomic mass is 10.2. The normalized spacial score (nSPS) is 15.9. The Labute approximate surface area is 142 Å². The molecule has 4 aromatic rings. The number of anilines is 1. The Morgan fingerprint density at radius 3 is 2.88 bits per heavy atom. The molecule has 1 aliphatic carbocycles. The van der Waals surface area contributed by atoms with Crippen molar-refractivity contribution in [2.24, 2.45) is 5.92 Å². The minimum Gasteiger partial charge on any atom is -0.450 e. The zero-order chi connectivity index (χ0) is 16.1. The highest BCUT2D eigenvalue weighted by atomic mass is 32.1. The molecule has 5 rings (SSSR count). The molecule has 0 radical (unpaired) electrons. The highest BCUT2D eigenvalue weighted by Crippen LogP contribution is 2.44. The second kappa shape index (κ2) is 5.27. The molecule has 1 saturated carbocycles. The number of fused-ring (bicyclic) bond motifs is 3. The number of thiazole rings is 1. The van der Waals surface area contributed by atoms with Crippen LogP contribution in [0.1, 0.15) is 28.8 Å². The summed E-state index contributed by atoms with van der Waals surface area (Å²) in [6.45, 7) is 2.09. The molecule has 3 heterocycles. The van der Waals surface area contributed by atoms with Crippen molar-refractivity contribution in [1.29, 1.82) is 0 Å². The number of benzene rings is 1. The SMILES string of the molecule is Cc1cnc(C(Nc2ncnc3c2oc2ccccc23)C2CC2)s1. The first-order valence-electron chi connectivity index (χ1n) is 8.11. The lowest BCUT2D eigenvalue weighted by Gasteiger charge is -2.16. The number of para-hydroxylation sites is 1. The lowest BCUT2D eigenvalue weighted by molar-refractivity contribution is 0.649. The molecular formula is C18H16N4OS. The van der Waals surface area contributed by atoms with Gasteiger partial charge in [0.05, 0.1) is 6.04 Å². The molecule has 1 aromatic carbocycles. The van der Waals surface area contributed by atoms with E-state index in [4.69, 9.17) is 4.42 Å². The Morgan fingerprint density at radius 1 is 1.21 bits per heavy atom. The van der Waals surface area contributed by atoms with Crippen molar-refractivity contribution in [3.8, 4) is 0 Å². The smallest absolute Gasteiger partial charge is 0.196 e. The van der Waals surface area contributed by atoms with Gasteiger partial charge in [-0.25, -0.2) is 15.0 Å². The largest absolute Gasteiger partial charge is 0.450 e. The summed E-state index contributed by atoms with van der Waals surface area (Å²) in [5, 5.41) is 5.72. The van der Waals surface area contributed by atoms with Crippen molar-refractivity contribution in [2.45, 2.75) is 25.8 Å². The minimum absolute atomic E-state index is 0.190. The number of rotatable bonds is 4. The van der Waals surface area contributed by atoms with Crippen LogP contribution in [-0.4, -0.2) is 15.0 Å². The van der Waals surface area contributed by atoms with Gasteiger partial charge in [0.15, 0.2) is 11.4 Å². The first-order chi connectivity index (χ1) is 11.8. The van der Waals surface area contributed by atoms with Gasteiger partial charge in [0.2, 0.25) is 0 Å². The summed E-state index contributed by atoms with van der Waals surface area (Å²) in [4.78, 5) is 14.7. The third-order valence-electron chi connectivity index (χ3n) is 4.45. The number of hydrogen-bond acceptors (Lipinski definition) is 6. The summed E-state index contributed by atoms with van der Waals surface area (Å²) in [6, 6.07) is 8.15. The van der Waals surface area contributed by atoms with Gasteiger partial charge in [-0.05, 0) is 37.8 Å². The number of hydrogen-bond donors (Lipinski definition) is 1. The van der Waals surface area contributed by atoms with E-state index in [2.05, 4.69) is 27.2 Å². The number of aryl methyl sites for hydroxylation is 1. The van der Waals surface area contributed by atoms with Crippen LogP contribution < -0.4 is 5.32 Å². The van der Waals surface area contributed by atoms with Gasteiger partial charge >= 0.3 is 0 Å². The molecule has 0 saturated heterocycles. The van der Waals surface area contributed by atoms with Crippen molar-refractivity contribution >= 4 is 39.2 Å². The van der Waals surface area contributed by atoms with Crippen molar-refractivity contribution < 1.29 is 4.42 Å². The van der Waals surface area contributed by atoms with Crippen molar-refractivity contribution in [2.75, 3.05) is 5.32 Å². The molecule has 6 heteroatoms. The summed E-state index contributed by atoms with van der Waals surface area (Å²) < 4.78 is 6.02. The van der Waals surface area contributed by atoms with Crippen LogP contribution in [0.25, 0.3) is 22.1 Å². The van der Waals surface area contributed by atoms with Gasteiger partial charge in [-0.15, -0.1) is 11.3 Å². The van der Waals surface area contributed by atoms with E-state index in [1.54, 1.807) is 17.7 Å². The molecule has 120 valence electrons. The number of aromatic nitrogens is 3. The maximum atomic E-state index is 6.02. The van der Waals surface area contributed by atoms with E-state index in [0.717, 1.165) is 32.9 Å². The fraction of sp³-hybridized carbons (Fsp3) is 0.278. The minimum atomic E-state index is 0.190. The van der Waals surface area contributed by atoms with Gasteiger partial charge in [-0.1, -0.05) is 12.1 Å². The van der Waals surface area contributed by atoms with Crippen LogP contribution in [-0.2, 0) is 0 Å². The lowest BCUT2D eigenvalue weighted by Crippen LogP contribution is -2.13. The highest BCUT2D eigenvalue weighted by Gasteiger charge is 2.35. The van der Waals surface area contributed by atoms with Crippen LogP contribution in [0, 0.1) is 12.8 Å². The molecule has 1 atom stereocenters. The average Bonchev–Trinajstić information content (AvgIpc) is 3.23. The standard InChI is InChI=1S/C18H16N4OS/c1-10-8-19-18(24-10)14(11-6-7-11)22-17-16-15(20-9-21-17)12-4-2-3-5-13(12)23-16/h2-5,8-9,11,14H,6-7H2,1H3,(H,20,21,22). The van der Waals surface area contributed by atoms with Gasteiger partial charge in [0.25, 0.3) is 0 Å². The van der Waals surface area contributed by atoms with Gasteiger partial charge < -0.3 is 9.73 Å². The number of nitrogens with one attached hydrogen (secondary N) is 1. The maximum absolute atomic E-state index is 6.02. The second-order valence-corrected chi connectivity index (χ2v) is 7.53. The molecule has 24 heavy (non-hydrogen) atoms. The molecule has 0 aliphatic heterocycles. The van der Waals surface area contributed by atoms with Crippen LogP contribution in [0.15, 0.2) is 41.2 Å². The van der Waals surface area contributed by atoms with Gasteiger partial charge in [0, 0.05) is 16.5 Å². The molecule has 1 fully saturated rings. The summed E-state index contributed by atoms with van der Waals surface area (Å²) >= 11 is 1.75. The maximum Gasteiger partial charge on any atom is 0.196 e. The zero-order valence-electron chi connectivity index (χ0n) is 13.2. The average molecular weight is 336 g/mol. The van der Waals surface area contributed by atoms with Crippen LogP contribution in [0.3, 0.4) is 0 Å². The quantitative estimate of drug-likeness (QED) is 0.585. The molecule has 1 unspecified atom stereocenters. The molecule has 0 amide bonds. The Bertz CT molecular complexity index is 1030. The van der Waals surface area contributed by atoms with E-state index in [1.165, 1.54) is 17.7 Å². The Kier molecular flexibility index (Phi) is 3.06. The summed E-state index contributed by atoms with van der Waals surface area (Å²) in [7, 11) is 0. The molecule has 5 nitrogen and oxygen atoms in total. The first kappa shape index (κ1) is 13.9. The van der Waals surface area contributed by atoms with Crippen LogP contribution in [0.5, 0.6) is 0 Å².